The van der Waals surface area contributed by atoms with E-state index in [1.807, 2.05) is 24.3 Å². The maximum Gasteiger partial charge on any atom is 0.228 e. The molecular weight excluding hydrogens is 354 g/mol. The van der Waals surface area contributed by atoms with E-state index in [-0.39, 0.29) is 18.9 Å². The molecule has 2 amide bonds. The number of carbonyl (C=O) groups is 2. The van der Waals surface area contributed by atoms with E-state index in [0.717, 1.165) is 28.3 Å². The van der Waals surface area contributed by atoms with Crippen molar-refractivity contribution in [2.75, 3.05) is 25.1 Å². The van der Waals surface area contributed by atoms with Gasteiger partial charge in [-0.15, -0.1) is 0 Å². The van der Waals surface area contributed by atoms with Gasteiger partial charge in [0.05, 0.1) is 13.0 Å². The summed E-state index contributed by atoms with van der Waals surface area (Å²) in [5.74, 6) is -2.32. The fourth-order valence-electron chi connectivity index (χ4n) is 3.22. The number of methoxy groups -OCH3 is 1. The molecule has 1 heterocycles. The summed E-state index contributed by atoms with van der Waals surface area (Å²) >= 11 is 0. The predicted octanol–water partition coefficient (Wildman–Crippen LogP) is 2.69. The fourth-order valence-corrected chi connectivity index (χ4v) is 3.22. The van der Waals surface area contributed by atoms with E-state index in [0.29, 0.717) is 13.0 Å². The lowest BCUT2D eigenvalue weighted by molar-refractivity contribution is -0.126. The van der Waals surface area contributed by atoms with Crippen LogP contribution in [0.2, 0.25) is 0 Å². The van der Waals surface area contributed by atoms with Crippen LogP contribution in [0.15, 0.2) is 42.5 Å². The lowest BCUT2D eigenvalue weighted by atomic mass is 10.1. The molecule has 0 spiro atoms. The number of hydrogen-bond donors (Lipinski definition) is 1. The van der Waals surface area contributed by atoms with Crippen molar-refractivity contribution in [2.45, 2.75) is 12.8 Å². The summed E-state index contributed by atoms with van der Waals surface area (Å²) in [4.78, 5) is 25.6. The Morgan fingerprint density at radius 2 is 1.89 bits per heavy atom. The zero-order valence-corrected chi connectivity index (χ0v) is 14.9. The smallest absolute Gasteiger partial charge is 0.228 e. The van der Waals surface area contributed by atoms with E-state index in [2.05, 4.69) is 5.32 Å². The van der Waals surface area contributed by atoms with E-state index in [4.69, 9.17) is 4.74 Å². The standard InChI is InChI=1S/C20H20F2N2O3/c1-27-17-8-3-2-5-13(17)9-10-23-20(26)14-11-18(25)24(12-14)19-15(21)6-4-7-16(19)22/h2-8,14H,9-12H2,1H3,(H,23,26). The molecule has 0 radical (unpaired) electrons. The first kappa shape index (κ1) is 18.8. The Bertz CT molecular complexity index is 837. The second-order valence-electron chi connectivity index (χ2n) is 6.33. The zero-order valence-electron chi connectivity index (χ0n) is 14.9. The van der Waals surface area contributed by atoms with Crippen LogP contribution >= 0.6 is 0 Å². The van der Waals surface area contributed by atoms with Crippen LogP contribution in [0.5, 0.6) is 5.75 Å². The number of amides is 2. The molecule has 5 nitrogen and oxygen atoms in total. The van der Waals surface area contributed by atoms with Crippen LogP contribution in [0.3, 0.4) is 0 Å². The molecule has 1 aliphatic rings. The highest BCUT2D eigenvalue weighted by Gasteiger charge is 2.37. The van der Waals surface area contributed by atoms with Crippen LogP contribution < -0.4 is 15.0 Å². The third kappa shape index (κ3) is 4.07. The van der Waals surface area contributed by atoms with E-state index >= 15 is 0 Å². The normalized spacial score (nSPS) is 16.5. The molecule has 1 atom stereocenters. The number of ether oxygens (including phenoxy) is 1. The summed E-state index contributed by atoms with van der Waals surface area (Å²) < 4.78 is 33.1. The zero-order chi connectivity index (χ0) is 19.4. The molecule has 1 aliphatic heterocycles. The van der Waals surface area contributed by atoms with Gasteiger partial charge < -0.3 is 15.0 Å². The second kappa shape index (κ2) is 8.16. The van der Waals surface area contributed by atoms with Crippen molar-refractivity contribution in [3.63, 3.8) is 0 Å². The molecular formula is C20H20F2N2O3. The molecule has 0 aliphatic carbocycles. The van der Waals surface area contributed by atoms with Gasteiger partial charge in [0.1, 0.15) is 23.1 Å². The second-order valence-corrected chi connectivity index (χ2v) is 6.33. The number of hydrogen-bond acceptors (Lipinski definition) is 3. The number of para-hydroxylation sites is 2. The van der Waals surface area contributed by atoms with Crippen molar-refractivity contribution in [3.05, 3.63) is 59.7 Å². The minimum absolute atomic E-state index is 0.0445. The molecule has 27 heavy (non-hydrogen) atoms. The van der Waals surface area contributed by atoms with Crippen molar-refractivity contribution in [2.24, 2.45) is 5.92 Å². The SMILES string of the molecule is COc1ccccc1CCNC(=O)C1CC(=O)N(c2c(F)cccc2F)C1. The van der Waals surface area contributed by atoms with Crippen LogP contribution in [0, 0.1) is 17.6 Å². The first-order chi connectivity index (χ1) is 13.0. The maximum absolute atomic E-state index is 13.9. The van der Waals surface area contributed by atoms with Crippen LogP contribution in [0.1, 0.15) is 12.0 Å². The summed E-state index contributed by atoms with van der Waals surface area (Å²) in [6.07, 6.45) is 0.496. The van der Waals surface area contributed by atoms with Crippen molar-refractivity contribution in [1.29, 1.82) is 0 Å². The molecule has 2 aromatic carbocycles. The number of carbonyl (C=O) groups excluding carboxylic acids is 2. The Kier molecular flexibility index (Phi) is 5.69. The first-order valence-electron chi connectivity index (χ1n) is 8.65. The summed E-state index contributed by atoms with van der Waals surface area (Å²) in [5.41, 5.74) is 0.560. The Morgan fingerprint density at radius 3 is 2.59 bits per heavy atom. The minimum atomic E-state index is -0.819. The highest BCUT2D eigenvalue weighted by atomic mass is 19.1. The molecule has 7 heteroatoms. The Balaban J connectivity index is 1.59. The molecule has 1 unspecified atom stereocenters. The van der Waals surface area contributed by atoms with E-state index in [1.54, 1.807) is 7.11 Å². The van der Waals surface area contributed by atoms with Crippen molar-refractivity contribution in [3.8, 4) is 5.75 Å². The molecule has 2 aromatic rings. The van der Waals surface area contributed by atoms with Gasteiger partial charge >= 0.3 is 0 Å². The number of benzene rings is 2. The Morgan fingerprint density at radius 1 is 1.19 bits per heavy atom. The Labute approximate surface area is 155 Å². The third-order valence-corrected chi connectivity index (χ3v) is 4.59. The highest BCUT2D eigenvalue weighted by Crippen LogP contribution is 2.29. The van der Waals surface area contributed by atoms with Gasteiger partial charge in [-0.3, -0.25) is 9.59 Å². The number of rotatable bonds is 6. The van der Waals surface area contributed by atoms with E-state index in [9.17, 15) is 18.4 Å². The highest BCUT2D eigenvalue weighted by molar-refractivity contribution is 6.00. The van der Waals surface area contributed by atoms with Crippen LogP contribution in [-0.4, -0.2) is 32.0 Å². The van der Waals surface area contributed by atoms with Crippen LogP contribution in [-0.2, 0) is 16.0 Å². The van der Waals surface area contributed by atoms with Gasteiger partial charge in [0.25, 0.3) is 0 Å². The number of anilines is 1. The summed E-state index contributed by atoms with van der Waals surface area (Å²) in [5, 5.41) is 2.79. The van der Waals surface area contributed by atoms with Gasteiger partial charge in [-0.05, 0) is 30.2 Å². The molecule has 1 saturated heterocycles. The lowest BCUT2D eigenvalue weighted by Crippen LogP contribution is -2.34. The van der Waals surface area contributed by atoms with E-state index < -0.39 is 29.1 Å². The van der Waals surface area contributed by atoms with Gasteiger partial charge in [-0.25, -0.2) is 8.78 Å². The van der Waals surface area contributed by atoms with Gasteiger partial charge in [-0.1, -0.05) is 24.3 Å². The van der Waals surface area contributed by atoms with Gasteiger partial charge in [0.15, 0.2) is 0 Å². The van der Waals surface area contributed by atoms with E-state index in [1.165, 1.54) is 6.07 Å². The molecule has 142 valence electrons. The van der Waals surface area contributed by atoms with Crippen molar-refractivity contribution < 1.29 is 23.1 Å². The van der Waals surface area contributed by atoms with Crippen LogP contribution in [0.4, 0.5) is 14.5 Å². The minimum Gasteiger partial charge on any atom is -0.496 e. The topological polar surface area (TPSA) is 58.6 Å². The number of nitrogens with zero attached hydrogens (tertiary/aromatic N) is 1. The Hall–Kier alpha value is -2.96. The summed E-state index contributed by atoms with van der Waals surface area (Å²) in [7, 11) is 1.58. The molecule has 0 saturated carbocycles. The average molecular weight is 374 g/mol. The summed E-state index contributed by atoms with van der Waals surface area (Å²) in [6, 6.07) is 10.9. The van der Waals surface area contributed by atoms with Crippen molar-refractivity contribution in [1.82, 2.24) is 5.32 Å². The summed E-state index contributed by atoms with van der Waals surface area (Å²) in [6.45, 7) is 0.329. The third-order valence-electron chi connectivity index (χ3n) is 4.59. The molecule has 0 aromatic heterocycles. The number of halogens is 2. The van der Waals surface area contributed by atoms with Crippen molar-refractivity contribution >= 4 is 17.5 Å². The van der Waals surface area contributed by atoms with Crippen LogP contribution in [0.25, 0.3) is 0 Å². The van der Waals surface area contributed by atoms with Gasteiger partial charge in [0, 0.05) is 19.5 Å². The first-order valence-corrected chi connectivity index (χ1v) is 8.65. The molecule has 0 bridgehead atoms. The van der Waals surface area contributed by atoms with Gasteiger partial charge in [0.2, 0.25) is 11.8 Å². The monoisotopic (exact) mass is 374 g/mol. The fraction of sp³-hybridized carbons (Fsp3) is 0.300. The predicted molar refractivity (Wildman–Crippen MR) is 96.5 cm³/mol. The molecule has 1 fully saturated rings. The largest absolute Gasteiger partial charge is 0.496 e. The number of nitrogens with one attached hydrogen (secondary N) is 1. The molecule has 1 N–H and O–H groups in total. The quantitative estimate of drug-likeness (QED) is 0.846. The maximum atomic E-state index is 13.9. The molecule has 3 rings (SSSR count). The average Bonchev–Trinajstić information content (AvgIpc) is 3.03. The van der Waals surface area contributed by atoms with Gasteiger partial charge in [-0.2, -0.15) is 0 Å². The lowest BCUT2D eigenvalue weighted by Gasteiger charge is -2.18.